The molecule has 1 aromatic carbocycles. The number of terminal acetylenes is 1. The van der Waals surface area contributed by atoms with E-state index < -0.39 is 28.6 Å². The number of benzene rings is 1. The van der Waals surface area contributed by atoms with Crippen LogP contribution in [-0.2, 0) is 19.6 Å². The third kappa shape index (κ3) is 5.40. The van der Waals surface area contributed by atoms with Crippen LogP contribution in [0.1, 0.15) is 0 Å². The Labute approximate surface area is 133 Å². The van der Waals surface area contributed by atoms with Crippen LogP contribution < -0.4 is 20.5 Å². The van der Waals surface area contributed by atoms with E-state index in [0.29, 0.717) is 5.69 Å². The van der Waals surface area contributed by atoms with Crippen molar-refractivity contribution in [1.82, 2.24) is 4.72 Å². The van der Waals surface area contributed by atoms with Crippen LogP contribution in [0, 0.1) is 12.3 Å². The Morgan fingerprint density at radius 2 is 2.09 bits per heavy atom. The first-order valence-corrected chi connectivity index (χ1v) is 7.61. The summed E-state index contributed by atoms with van der Waals surface area (Å²) >= 11 is 0. The average molecular weight is 341 g/mol. The maximum absolute atomic E-state index is 12.1. The SMILES string of the molecule is C#CCNc1ccc(S(=O)(=O)NC(=O)COC(N)=O)cc1OC. The first-order chi connectivity index (χ1) is 10.8. The van der Waals surface area contributed by atoms with E-state index in [1.807, 2.05) is 0 Å². The lowest BCUT2D eigenvalue weighted by molar-refractivity contribution is -0.122. The van der Waals surface area contributed by atoms with Crippen molar-refractivity contribution in [3.8, 4) is 18.1 Å². The third-order valence-corrected chi connectivity index (χ3v) is 3.83. The van der Waals surface area contributed by atoms with Gasteiger partial charge in [-0.05, 0) is 12.1 Å². The van der Waals surface area contributed by atoms with E-state index in [1.165, 1.54) is 25.3 Å². The summed E-state index contributed by atoms with van der Waals surface area (Å²) in [6.45, 7) is -0.586. The minimum Gasteiger partial charge on any atom is -0.495 e. The van der Waals surface area contributed by atoms with Crippen LogP contribution in [0.15, 0.2) is 23.1 Å². The van der Waals surface area contributed by atoms with Crippen molar-refractivity contribution in [2.45, 2.75) is 4.90 Å². The molecule has 4 N–H and O–H groups in total. The Kier molecular flexibility index (Phi) is 6.23. The largest absolute Gasteiger partial charge is 0.495 e. The number of hydrogen-bond donors (Lipinski definition) is 3. The molecule has 0 saturated carbocycles. The van der Waals surface area contributed by atoms with E-state index in [0.717, 1.165) is 0 Å². The summed E-state index contributed by atoms with van der Waals surface area (Å²) in [6, 6.07) is 3.91. The summed E-state index contributed by atoms with van der Waals surface area (Å²) < 4.78 is 35.1. The fourth-order valence-corrected chi connectivity index (χ4v) is 2.49. The molecule has 10 heteroatoms. The molecular formula is C13H15N3O6S. The molecular weight excluding hydrogens is 326 g/mol. The third-order valence-electron chi connectivity index (χ3n) is 2.46. The molecule has 0 unspecified atom stereocenters. The Bertz CT molecular complexity index is 739. The molecule has 0 bridgehead atoms. The van der Waals surface area contributed by atoms with Crippen LogP contribution in [0.2, 0.25) is 0 Å². The number of nitrogens with two attached hydrogens (primary N) is 1. The topological polar surface area (TPSA) is 137 Å². The summed E-state index contributed by atoms with van der Waals surface area (Å²) in [6.07, 6.45) is 3.94. The van der Waals surface area contributed by atoms with E-state index in [2.05, 4.69) is 21.7 Å². The second-order valence-corrected chi connectivity index (χ2v) is 5.74. The van der Waals surface area contributed by atoms with Crippen LogP contribution in [0.3, 0.4) is 0 Å². The molecule has 0 heterocycles. The summed E-state index contributed by atoms with van der Waals surface area (Å²) in [5.74, 6) is 1.55. The highest BCUT2D eigenvalue weighted by Gasteiger charge is 2.20. The van der Waals surface area contributed by atoms with Gasteiger partial charge in [-0.25, -0.2) is 17.9 Å². The molecule has 0 saturated heterocycles. The molecule has 0 aromatic heterocycles. The number of primary amides is 1. The molecule has 0 spiro atoms. The minimum atomic E-state index is -4.16. The zero-order valence-electron chi connectivity index (χ0n) is 12.2. The Morgan fingerprint density at radius 1 is 1.39 bits per heavy atom. The Morgan fingerprint density at radius 3 is 2.65 bits per heavy atom. The van der Waals surface area contributed by atoms with Gasteiger partial charge in [0.25, 0.3) is 15.9 Å². The smallest absolute Gasteiger partial charge is 0.405 e. The number of amides is 2. The molecule has 0 fully saturated rings. The molecule has 1 aromatic rings. The molecule has 9 nitrogen and oxygen atoms in total. The molecule has 1 rings (SSSR count). The van der Waals surface area contributed by atoms with Gasteiger partial charge in [0.05, 0.1) is 24.2 Å². The van der Waals surface area contributed by atoms with E-state index in [9.17, 15) is 18.0 Å². The van der Waals surface area contributed by atoms with Gasteiger partial charge in [-0.1, -0.05) is 5.92 Å². The Hall–Kier alpha value is -2.93. The highest BCUT2D eigenvalue weighted by Crippen LogP contribution is 2.27. The number of carbonyl (C=O) groups excluding carboxylic acids is 2. The maximum atomic E-state index is 12.1. The van der Waals surface area contributed by atoms with Gasteiger partial charge in [-0.3, -0.25) is 4.79 Å². The van der Waals surface area contributed by atoms with E-state index in [4.69, 9.17) is 11.2 Å². The van der Waals surface area contributed by atoms with Gasteiger partial charge in [0, 0.05) is 6.07 Å². The summed E-state index contributed by atoms with van der Waals surface area (Å²) in [4.78, 5) is 21.6. The van der Waals surface area contributed by atoms with Gasteiger partial charge in [0.1, 0.15) is 5.75 Å². The first kappa shape index (κ1) is 18.1. The highest BCUT2D eigenvalue weighted by molar-refractivity contribution is 7.90. The van der Waals surface area contributed by atoms with Gasteiger partial charge in [-0.2, -0.15) is 0 Å². The van der Waals surface area contributed by atoms with Crippen molar-refractivity contribution in [3.05, 3.63) is 18.2 Å². The molecule has 0 atom stereocenters. The van der Waals surface area contributed by atoms with Crippen molar-refractivity contribution >= 4 is 27.7 Å². The number of sulfonamides is 1. The van der Waals surface area contributed by atoms with Crippen molar-refractivity contribution in [1.29, 1.82) is 0 Å². The lowest BCUT2D eigenvalue weighted by Gasteiger charge is -2.12. The van der Waals surface area contributed by atoms with E-state index in [-0.39, 0.29) is 17.2 Å². The van der Waals surface area contributed by atoms with E-state index >= 15 is 0 Å². The molecule has 0 aliphatic carbocycles. The van der Waals surface area contributed by atoms with Crippen LogP contribution >= 0.6 is 0 Å². The monoisotopic (exact) mass is 341 g/mol. The van der Waals surface area contributed by atoms with Crippen molar-refractivity contribution < 1.29 is 27.5 Å². The van der Waals surface area contributed by atoms with E-state index in [1.54, 1.807) is 4.72 Å². The number of nitrogens with one attached hydrogen (secondary N) is 2. The number of hydrogen-bond acceptors (Lipinski definition) is 7. The second-order valence-electron chi connectivity index (χ2n) is 4.06. The summed E-state index contributed by atoms with van der Waals surface area (Å²) in [7, 11) is -2.80. The quantitative estimate of drug-likeness (QED) is 0.576. The number of anilines is 1. The average Bonchev–Trinajstić information content (AvgIpc) is 2.50. The standard InChI is InChI=1S/C13H15N3O6S/c1-3-6-15-10-5-4-9(7-11(10)21-2)23(19,20)16-12(17)8-22-13(14)18/h1,4-5,7,15H,6,8H2,2H3,(H2,14,18)(H,16,17). The van der Waals surface area contributed by atoms with Crippen LogP contribution in [0.4, 0.5) is 10.5 Å². The fourth-order valence-electron chi connectivity index (χ4n) is 1.51. The fraction of sp³-hybridized carbons (Fsp3) is 0.231. The van der Waals surface area contributed by atoms with Gasteiger partial charge in [0.15, 0.2) is 6.61 Å². The maximum Gasteiger partial charge on any atom is 0.405 e. The molecule has 23 heavy (non-hydrogen) atoms. The zero-order valence-corrected chi connectivity index (χ0v) is 13.0. The zero-order chi connectivity index (χ0) is 17.5. The number of methoxy groups -OCH3 is 1. The van der Waals surface area contributed by atoms with Crippen molar-refractivity contribution in [2.75, 3.05) is 25.6 Å². The van der Waals surface area contributed by atoms with Gasteiger partial charge in [-0.15, -0.1) is 6.42 Å². The predicted molar refractivity (Wildman–Crippen MR) is 81.2 cm³/mol. The Balaban J connectivity index is 2.94. The minimum absolute atomic E-state index is 0.215. The number of rotatable bonds is 7. The van der Waals surface area contributed by atoms with Gasteiger partial charge in [0.2, 0.25) is 0 Å². The highest BCUT2D eigenvalue weighted by atomic mass is 32.2. The normalized spacial score (nSPS) is 10.3. The summed E-state index contributed by atoms with van der Waals surface area (Å²) in [5, 5.41) is 2.85. The van der Waals surface area contributed by atoms with Gasteiger partial charge < -0.3 is 20.5 Å². The lowest BCUT2D eigenvalue weighted by Crippen LogP contribution is -2.34. The van der Waals surface area contributed by atoms with Gasteiger partial charge >= 0.3 is 6.09 Å². The molecule has 0 radical (unpaired) electrons. The second kappa shape index (κ2) is 7.90. The van der Waals surface area contributed by atoms with Crippen LogP contribution in [0.25, 0.3) is 0 Å². The predicted octanol–water partition coefficient (Wildman–Crippen LogP) is -0.359. The number of carbonyl (C=O) groups is 2. The molecule has 0 aliphatic heterocycles. The van der Waals surface area contributed by atoms with Crippen molar-refractivity contribution in [3.63, 3.8) is 0 Å². The lowest BCUT2D eigenvalue weighted by atomic mass is 10.3. The van der Waals surface area contributed by atoms with Crippen molar-refractivity contribution in [2.24, 2.45) is 5.73 Å². The first-order valence-electron chi connectivity index (χ1n) is 6.13. The van der Waals surface area contributed by atoms with Crippen LogP contribution in [-0.4, -0.2) is 40.7 Å². The number of ether oxygens (including phenoxy) is 2. The molecule has 2 amide bonds. The van der Waals surface area contributed by atoms with Crippen LogP contribution in [0.5, 0.6) is 5.75 Å². The summed E-state index contributed by atoms with van der Waals surface area (Å²) in [5.41, 5.74) is 5.18. The molecule has 124 valence electrons. The molecule has 0 aliphatic rings.